The van der Waals surface area contributed by atoms with Gasteiger partial charge in [-0.2, -0.15) is 0 Å². The van der Waals surface area contributed by atoms with Gasteiger partial charge in [-0.1, -0.05) is 6.92 Å². The first kappa shape index (κ1) is 12.9. The average molecular weight is 214 g/mol. The van der Waals surface area contributed by atoms with Gasteiger partial charge in [-0.25, -0.2) is 0 Å². The van der Waals surface area contributed by atoms with Crippen molar-refractivity contribution in [2.75, 3.05) is 20.2 Å². The smallest absolute Gasteiger partial charge is 0.0613 e. The minimum absolute atomic E-state index is 0.0209. The molecule has 0 bridgehead atoms. The van der Waals surface area contributed by atoms with E-state index < -0.39 is 0 Å². The summed E-state index contributed by atoms with van der Waals surface area (Å²) in [6.07, 6.45) is 3.37. The molecule has 1 rings (SSSR count). The fourth-order valence-electron chi connectivity index (χ4n) is 2.88. The maximum absolute atomic E-state index is 9.45. The predicted molar refractivity (Wildman–Crippen MR) is 64.0 cm³/mol. The van der Waals surface area contributed by atoms with Crippen molar-refractivity contribution in [1.29, 1.82) is 0 Å². The lowest BCUT2D eigenvalue weighted by Crippen LogP contribution is -2.47. The molecule has 3 nitrogen and oxygen atoms in total. The second kappa shape index (κ2) is 5.28. The Bertz CT molecular complexity index is 190. The van der Waals surface area contributed by atoms with Crippen LogP contribution in [0.1, 0.15) is 40.0 Å². The largest absolute Gasteiger partial charge is 0.394 e. The third-order valence-corrected chi connectivity index (χ3v) is 3.91. The number of hydrogen-bond acceptors (Lipinski definition) is 3. The van der Waals surface area contributed by atoms with Crippen LogP contribution in [0, 0.1) is 0 Å². The van der Waals surface area contributed by atoms with Crippen molar-refractivity contribution >= 4 is 0 Å². The first-order valence-electron chi connectivity index (χ1n) is 6.14. The zero-order valence-corrected chi connectivity index (χ0v) is 10.6. The molecule has 0 heterocycles. The number of nitrogens with one attached hydrogen (secondary N) is 1. The highest BCUT2D eigenvalue weighted by atomic mass is 16.3. The first-order chi connectivity index (χ1) is 7.08. The normalized spacial score (nSPS) is 31.8. The van der Waals surface area contributed by atoms with Crippen LogP contribution in [0.5, 0.6) is 0 Å². The second-order valence-corrected chi connectivity index (χ2v) is 5.01. The highest BCUT2D eigenvalue weighted by Crippen LogP contribution is 2.33. The summed E-state index contributed by atoms with van der Waals surface area (Å²) in [5.74, 6) is 0. The molecule has 0 amide bonds. The highest BCUT2D eigenvalue weighted by molar-refractivity contribution is 4.98. The van der Waals surface area contributed by atoms with Crippen molar-refractivity contribution < 1.29 is 5.11 Å². The van der Waals surface area contributed by atoms with E-state index in [0.29, 0.717) is 12.1 Å². The van der Waals surface area contributed by atoms with E-state index in [9.17, 15) is 5.11 Å². The van der Waals surface area contributed by atoms with Gasteiger partial charge in [0.15, 0.2) is 0 Å². The minimum atomic E-state index is -0.0209. The Balaban J connectivity index is 2.61. The van der Waals surface area contributed by atoms with Crippen molar-refractivity contribution in [3.8, 4) is 0 Å². The van der Waals surface area contributed by atoms with Crippen molar-refractivity contribution in [1.82, 2.24) is 10.2 Å². The van der Waals surface area contributed by atoms with E-state index >= 15 is 0 Å². The molecule has 0 aromatic heterocycles. The molecule has 15 heavy (non-hydrogen) atoms. The number of hydrogen-bond donors (Lipinski definition) is 2. The Kier molecular flexibility index (Phi) is 4.56. The summed E-state index contributed by atoms with van der Waals surface area (Å²) in [7, 11) is 1.96. The van der Waals surface area contributed by atoms with Crippen LogP contribution in [0.4, 0.5) is 0 Å². The Morgan fingerprint density at radius 3 is 2.53 bits per heavy atom. The first-order valence-corrected chi connectivity index (χ1v) is 6.14. The van der Waals surface area contributed by atoms with Gasteiger partial charge >= 0.3 is 0 Å². The lowest BCUT2D eigenvalue weighted by molar-refractivity contribution is 0.133. The summed E-state index contributed by atoms with van der Waals surface area (Å²) < 4.78 is 0. The van der Waals surface area contributed by atoms with Gasteiger partial charge < -0.3 is 10.4 Å². The van der Waals surface area contributed by atoms with Crippen LogP contribution in [0.25, 0.3) is 0 Å². The zero-order valence-electron chi connectivity index (χ0n) is 10.6. The van der Waals surface area contributed by atoms with Gasteiger partial charge in [0.1, 0.15) is 0 Å². The van der Waals surface area contributed by atoms with E-state index in [-0.39, 0.29) is 12.1 Å². The summed E-state index contributed by atoms with van der Waals surface area (Å²) >= 11 is 0. The molecule has 0 radical (unpaired) electrons. The van der Waals surface area contributed by atoms with E-state index in [4.69, 9.17) is 0 Å². The molecule has 0 aromatic carbocycles. The lowest BCUT2D eigenvalue weighted by Gasteiger charge is -2.33. The van der Waals surface area contributed by atoms with Crippen LogP contribution >= 0.6 is 0 Å². The molecule has 2 unspecified atom stereocenters. The van der Waals surface area contributed by atoms with E-state index in [0.717, 1.165) is 19.4 Å². The molecule has 2 N–H and O–H groups in total. The summed E-state index contributed by atoms with van der Waals surface area (Å²) in [5, 5.41) is 12.7. The van der Waals surface area contributed by atoms with Crippen LogP contribution in [0.2, 0.25) is 0 Å². The molecule has 90 valence electrons. The highest BCUT2D eigenvalue weighted by Gasteiger charge is 2.39. The third-order valence-electron chi connectivity index (χ3n) is 3.91. The van der Waals surface area contributed by atoms with E-state index in [2.05, 4.69) is 31.0 Å². The van der Waals surface area contributed by atoms with Crippen LogP contribution < -0.4 is 5.32 Å². The van der Waals surface area contributed by atoms with Crippen LogP contribution in [0.3, 0.4) is 0 Å². The summed E-state index contributed by atoms with van der Waals surface area (Å²) in [6.45, 7) is 8.09. The van der Waals surface area contributed by atoms with E-state index in [1.807, 2.05) is 7.05 Å². The second-order valence-electron chi connectivity index (χ2n) is 5.01. The Hall–Kier alpha value is -0.120. The molecule has 0 spiro atoms. The zero-order chi connectivity index (χ0) is 11.5. The fraction of sp³-hybridized carbons (Fsp3) is 1.00. The van der Waals surface area contributed by atoms with Crippen molar-refractivity contribution in [2.45, 2.75) is 57.7 Å². The molecule has 0 saturated heterocycles. The number of likely N-dealkylation sites (N-methyl/N-ethyl adjacent to an activating group) is 1. The van der Waals surface area contributed by atoms with Gasteiger partial charge in [-0.3, -0.25) is 4.90 Å². The van der Waals surface area contributed by atoms with Crippen molar-refractivity contribution in [2.24, 2.45) is 0 Å². The average Bonchev–Trinajstić information content (AvgIpc) is 2.64. The van der Waals surface area contributed by atoms with Crippen molar-refractivity contribution in [3.63, 3.8) is 0 Å². The SMILES string of the molecule is CCN(C(C)C)C1CCC(CO)(NC)C1. The summed E-state index contributed by atoms with van der Waals surface area (Å²) in [6, 6.07) is 1.24. The number of aliphatic hydroxyl groups excluding tert-OH is 1. The van der Waals surface area contributed by atoms with Gasteiger partial charge in [-0.05, 0) is 46.7 Å². The third kappa shape index (κ3) is 2.71. The maximum Gasteiger partial charge on any atom is 0.0613 e. The van der Waals surface area contributed by atoms with Gasteiger partial charge in [0.25, 0.3) is 0 Å². The molecule has 1 aliphatic rings. The molecule has 0 aliphatic heterocycles. The Morgan fingerprint density at radius 2 is 2.20 bits per heavy atom. The summed E-state index contributed by atoms with van der Waals surface area (Å²) in [4.78, 5) is 2.54. The van der Waals surface area contributed by atoms with Crippen LogP contribution in [0.15, 0.2) is 0 Å². The molecule has 0 aromatic rings. The monoisotopic (exact) mass is 214 g/mol. The van der Waals surface area contributed by atoms with Gasteiger partial charge in [0, 0.05) is 17.6 Å². The Labute approximate surface area is 93.9 Å². The quantitative estimate of drug-likeness (QED) is 0.722. The van der Waals surface area contributed by atoms with Gasteiger partial charge in [0.05, 0.1) is 6.61 Å². The predicted octanol–water partition coefficient (Wildman–Crippen LogP) is 1.22. The van der Waals surface area contributed by atoms with Crippen LogP contribution in [-0.4, -0.2) is 47.8 Å². The molecular formula is C12H26N2O. The van der Waals surface area contributed by atoms with Crippen molar-refractivity contribution in [3.05, 3.63) is 0 Å². The topological polar surface area (TPSA) is 35.5 Å². The molecule has 2 atom stereocenters. The fourth-order valence-corrected chi connectivity index (χ4v) is 2.88. The minimum Gasteiger partial charge on any atom is -0.394 e. The van der Waals surface area contributed by atoms with Gasteiger partial charge in [-0.15, -0.1) is 0 Å². The van der Waals surface area contributed by atoms with E-state index in [1.54, 1.807) is 0 Å². The van der Waals surface area contributed by atoms with Gasteiger partial charge in [0.2, 0.25) is 0 Å². The maximum atomic E-state index is 9.45. The molecule has 1 saturated carbocycles. The summed E-state index contributed by atoms with van der Waals surface area (Å²) in [5.41, 5.74) is -0.0209. The number of nitrogens with zero attached hydrogens (tertiary/aromatic N) is 1. The standard InChI is InChI=1S/C12H26N2O/c1-5-14(10(2)3)11-6-7-12(8-11,9-15)13-4/h10-11,13,15H,5-9H2,1-4H3. The lowest BCUT2D eigenvalue weighted by atomic mass is 9.98. The molecular weight excluding hydrogens is 188 g/mol. The number of rotatable bonds is 5. The van der Waals surface area contributed by atoms with E-state index in [1.165, 1.54) is 6.42 Å². The molecule has 3 heteroatoms. The Morgan fingerprint density at radius 1 is 1.53 bits per heavy atom. The number of aliphatic hydroxyl groups is 1. The van der Waals surface area contributed by atoms with Crippen LogP contribution in [-0.2, 0) is 0 Å². The molecule has 1 fully saturated rings. The molecule has 1 aliphatic carbocycles.